The van der Waals surface area contributed by atoms with E-state index >= 15 is 0 Å². The Hall–Kier alpha value is -4.54. The Morgan fingerprint density at radius 2 is 1.73 bits per heavy atom. The smallest absolute Gasteiger partial charge is 0.295 e. The SMILES string of the molecule is Cc1cc(OCc2ccccc2)ccc1/C(O)=C1/C(=O)C(=O)N(CCN2CCOCC2)C1c1ccc([N+](=O)[O-])cc1. The molecule has 41 heavy (non-hydrogen) atoms. The standard InChI is InChI=1S/C31H31N3O7/c1-21-19-25(41-20-22-5-3-2-4-6-22)11-12-26(21)29(35)27-28(23-7-9-24(10-8-23)34(38)39)33(31(37)30(27)36)14-13-32-15-17-40-18-16-32/h2-12,19,28,35H,13-18,20H2,1H3/b29-27-. The van der Waals surface area contributed by atoms with E-state index in [1.54, 1.807) is 25.1 Å². The zero-order chi connectivity index (χ0) is 28.9. The summed E-state index contributed by atoms with van der Waals surface area (Å²) in [4.78, 5) is 41.0. The molecule has 2 aliphatic rings. The number of likely N-dealkylation sites (tertiary alicyclic amines) is 1. The van der Waals surface area contributed by atoms with Gasteiger partial charge in [0.1, 0.15) is 18.1 Å². The minimum absolute atomic E-state index is 0.0492. The molecule has 10 heteroatoms. The van der Waals surface area contributed by atoms with E-state index < -0.39 is 22.7 Å². The van der Waals surface area contributed by atoms with Gasteiger partial charge in [-0.3, -0.25) is 24.6 Å². The number of aryl methyl sites for hydroxylation is 1. The van der Waals surface area contributed by atoms with Gasteiger partial charge >= 0.3 is 0 Å². The summed E-state index contributed by atoms with van der Waals surface area (Å²) >= 11 is 0. The largest absolute Gasteiger partial charge is 0.507 e. The maximum atomic E-state index is 13.4. The second-order valence-electron chi connectivity index (χ2n) is 10.0. The Labute approximate surface area is 237 Å². The van der Waals surface area contributed by atoms with E-state index in [0.717, 1.165) is 5.56 Å². The highest BCUT2D eigenvalue weighted by Gasteiger charge is 2.46. The number of rotatable bonds is 9. The third kappa shape index (κ3) is 6.13. The monoisotopic (exact) mass is 557 g/mol. The molecule has 0 spiro atoms. The number of hydrogen-bond donors (Lipinski definition) is 1. The molecule has 2 fully saturated rings. The number of aliphatic hydroxyl groups excluding tert-OH is 1. The summed E-state index contributed by atoms with van der Waals surface area (Å²) in [5.74, 6) is -1.21. The molecule has 0 saturated carbocycles. The van der Waals surface area contributed by atoms with Crippen LogP contribution in [0.15, 0.2) is 78.4 Å². The molecule has 1 unspecified atom stereocenters. The van der Waals surface area contributed by atoms with Crippen molar-refractivity contribution in [3.05, 3.63) is 111 Å². The third-order valence-electron chi connectivity index (χ3n) is 7.42. The van der Waals surface area contributed by atoms with E-state index in [9.17, 15) is 24.8 Å². The summed E-state index contributed by atoms with van der Waals surface area (Å²) in [6.07, 6.45) is 0. The van der Waals surface area contributed by atoms with Crippen molar-refractivity contribution in [1.82, 2.24) is 9.80 Å². The van der Waals surface area contributed by atoms with Crippen LogP contribution in [-0.2, 0) is 20.9 Å². The molecule has 10 nitrogen and oxygen atoms in total. The molecule has 1 amide bonds. The molecule has 3 aromatic carbocycles. The normalized spacial score (nSPS) is 19.0. The number of nitro benzene ring substituents is 1. The van der Waals surface area contributed by atoms with Crippen LogP contribution in [0.1, 0.15) is 28.3 Å². The van der Waals surface area contributed by atoms with Crippen LogP contribution in [0.25, 0.3) is 5.76 Å². The lowest BCUT2D eigenvalue weighted by molar-refractivity contribution is -0.384. The Balaban J connectivity index is 1.47. The van der Waals surface area contributed by atoms with E-state index in [0.29, 0.717) is 61.9 Å². The minimum Gasteiger partial charge on any atom is -0.507 e. The molecular weight excluding hydrogens is 526 g/mol. The molecule has 0 aromatic heterocycles. The van der Waals surface area contributed by atoms with E-state index in [1.807, 2.05) is 30.3 Å². The van der Waals surface area contributed by atoms with Crippen molar-refractivity contribution in [1.29, 1.82) is 0 Å². The summed E-state index contributed by atoms with van der Waals surface area (Å²) in [5, 5.41) is 22.7. The van der Waals surface area contributed by atoms with Crippen molar-refractivity contribution in [2.24, 2.45) is 0 Å². The first-order chi connectivity index (χ1) is 19.8. The van der Waals surface area contributed by atoms with Crippen LogP contribution >= 0.6 is 0 Å². The fourth-order valence-corrected chi connectivity index (χ4v) is 5.19. The average Bonchev–Trinajstić information content (AvgIpc) is 3.25. The summed E-state index contributed by atoms with van der Waals surface area (Å²) in [6.45, 7) is 5.54. The number of amides is 1. The van der Waals surface area contributed by atoms with E-state index in [-0.39, 0.29) is 23.6 Å². The predicted molar refractivity (Wildman–Crippen MR) is 151 cm³/mol. The molecule has 3 aromatic rings. The fourth-order valence-electron chi connectivity index (χ4n) is 5.19. The number of carbonyl (C=O) groups excluding carboxylic acids is 2. The molecule has 2 saturated heterocycles. The number of aliphatic hydroxyl groups is 1. The maximum absolute atomic E-state index is 13.4. The number of ether oxygens (including phenoxy) is 2. The van der Waals surface area contributed by atoms with Crippen LogP contribution in [0.3, 0.4) is 0 Å². The molecule has 212 valence electrons. The molecule has 0 bridgehead atoms. The number of non-ortho nitro benzene ring substituents is 1. The van der Waals surface area contributed by atoms with E-state index in [1.165, 1.54) is 29.2 Å². The van der Waals surface area contributed by atoms with Crippen LogP contribution in [-0.4, -0.2) is 70.9 Å². The maximum Gasteiger partial charge on any atom is 0.295 e. The van der Waals surface area contributed by atoms with Crippen molar-refractivity contribution in [2.75, 3.05) is 39.4 Å². The Morgan fingerprint density at radius 3 is 2.39 bits per heavy atom. The molecule has 0 radical (unpaired) electrons. The number of hydrogen-bond acceptors (Lipinski definition) is 8. The number of morpholine rings is 1. The van der Waals surface area contributed by atoms with Crippen molar-refractivity contribution < 1.29 is 29.1 Å². The zero-order valence-corrected chi connectivity index (χ0v) is 22.7. The van der Waals surface area contributed by atoms with Crippen LogP contribution < -0.4 is 4.74 Å². The Kier molecular flexibility index (Phi) is 8.42. The fraction of sp³-hybridized carbons (Fsp3) is 0.290. The van der Waals surface area contributed by atoms with Gasteiger partial charge in [0.05, 0.1) is 29.8 Å². The van der Waals surface area contributed by atoms with Crippen molar-refractivity contribution in [3.63, 3.8) is 0 Å². The first-order valence-corrected chi connectivity index (χ1v) is 13.4. The van der Waals surface area contributed by atoms with Gasteiger partial charge in [0.2, 0.25) is 0 Å². The molecular formula is C31H31N3O7. The minimum atomic E-state index is -0.898. The lowest BCUT2D eigenvalue weighted by Crippen LogP contribution is -2.42. The highest BCUT2D eigenvalue weighted by Crippen LogP contribution is 2.40. The number of nitrogens with zero attached hydrogens (tertiary/aromatic N) is 3. The van der Waals surface area contributed by atoms with Gasteiger partial charge in [0.15, 0.2) is 0 Å². The molecule has 1 atom stereocenters. The van der Waals surface area contributed by atoms with Gasteiger partial charge in [-0.2, -0.15) is 0 Å². The van der Waals surface area contributed by atoms with Gasteiger partial charge in [-0.1, -0.05) is 30.3 Å². The van der Waals surface area contributed by atoms with Gasteiger partial charge < -0.3 is 19.5 Å². The molecule has 0 aliphatic carbocycles. The highest BCUT2D eigenvalue weighted by molar-refractivity contribution is 6.46. The molecule has 5 rings (SSSR count). The summed E-state index contributed by atoms with van der Waals surface area (Å²) in [7, 11) is 0. The number of carbonyl (C=O) groups is 2. The second kappa shape index (κ2) is 12.3. The number of Topliss-reactive ketones (excluding diaryl/α,β-unsaturated/α-hetero) is 1. The number of ketones is 1. The molecule has 2 aliphatic heterocycles. The summed E-state index contributed by atoms with van der Waals surface area (Å²) in [6, 6.07) is 19.7. The van der Waals surface area contributed by atoms with Crippen LogP contribution in [0, 0.1) is 17.0 Å². The first kappa shape index (κ1) is 28.0. The third-order valence-corrected chi connectivity index (χ3v) is 7.42. The van der Waals surface area contributed by atoms with Crippen LogP contribution in [0.4, 0.5) is 5.69 Å². The van der Waals surface area contributed by atoms with Crippen molar-refractivity contribution in [3.8, 4) is 5.75 Å². The van der Waals surface area contributed by atoms with Crippen molar-refractivity contribution >= 4 is 23.1 Å². The zero-order valence-electron chi connectivity index (χ0n) is 22.7. The van der Waals surface area contributed by atoms with Crippen molar-refractivity contribution in [2.45, 2.75) is 19.6 Å². The molecule has 1 N–H and O–H groups in total. The average molecular weight is 558 g/mol. The predicted octanol–water partition coefficient (Wildman–Crippen LogP) is 4.24. The first-order valence-electron chi connectivity index (χ1n) is 13.4. The summed E-state index contributed by atoms with van der Waals surface area (Å²) in [5.41, 5.74) is 2.41. The highest BCUT2D eigenvalue weighted by atomic mass is 16.6. The molecule has 2 heterocycles. The lowest BCUT2D eigenvalue weighted by atomic mass is 9.93. The number of nitro groups is 1. The van der Waals surface area contributed by atoms with Gasteiger partial charge in [0, 0.05) is 43.9 Å². The topological polar surface area (TPSA) is 122 Å². The Bertz CT molecular complexity index is 1460. The number of benzene rings is 3. The van der Waals surface area contributed by atoms with Crippen LogP contribution in [0.5, 0.6) is 5.75 Å². The van der Waals surface area contributed by atoms with E-state index in [4.69, 9.17) is 9.47 Å². The second-order valence-corrected chi connectivity index (χ2v) is 10.0. The van der Waals surface area contributed by atoms with Gasteiger partial charge in [-0.05, 0) is 53.9 Å². The quantitative estimate of drug-likeness (QED) is 0.136. The van der Waals surface area contributed by atoms with Gasteiger partial charge in [-0.15, -0.1) is 0 Å². The van der Waals surface area contributed by atoms with E-state index in [2.05, 4.69) is 4.90 Å². The van der Waals surface area contributed by atoms with Gasteiger partial charge in [0.25, 0.3) is 17.4 Å². The lowest BCUT2D eigenvalue weighted by Gasteiger charge is -2.31. The Morgan fingerprint density at radius 1 is 1.02 bits per heavy atom. The van der Waals surface area contributed by atoms with Crippen LogP contribution in [0.2, 0.25) is 0 Å². The van der Waals surface area contributed by atoms with Gasteiger partial charge in [-0.25, -0.2) is 0 Å². The summed E-state index contributed by atoms with van der Waals surface area (Å²) < 4.78 is 11.3.